The minimum absolute atomic E-state index is 0.135. The van der Waals surface area contributed by atoms with Gasteiger partial charge in [-0.3, -0.25) is 9.59 Å². The van der Waals surface area contributed by atoms with Crippen molar-refractivity contribution in [1.29, 1.82) is 0 Å². The Hall–Kier alpha value is 1.82. The van der Waals surface area contributed by atoms with Gasteiger partial charge >= 0.3 is 0 Å². The Balaban J connectivity index is 3.38. The highest BCUT2D eigenvalue weighted by atomic mass is 80.0. The number of amides is 2. The maximum Gasteiger partial charge on any atom is 0.258 e. The fourth-order valence-corrected chi connectivity index (χ4v) is 2.40. The molecule has 0 saturated carbocycles. The summed E-state index contributed by atoms with van der Waals surface area (Å²) >= 11 is 19.0. The molecule has 0 rings (SSSR count). The van der Waals surface area contributed by atoms with Crippen LogP contribution >= 0.6 is 95.6 Å². The second-order valence-electron chi connectivity index (χ2n) is 4.63. The van der Waals surface area contributed by atoms with Crippen LogP contribution in [0.4, 0.5) is 0 Å². The molecule has 0 radical (unpaired) electrons. The van der Waals surface area contributed by atoms with Gasteiger partial charge in [0, 0.05) is 13.1 Å². The fourth-order valence-electron chi connectivity index (χ4n) is 1.56. The van der Waals surface area contributed by atoms with E-state index in [-0.39, 0.29) is 11.8 Å². The minimum Gasteiger partial charge on any atom is -0.353 e. The van der Waals surface area contributed by atoms with Crippen molar-refractivity contribution in [2.24, 2.45) is 0 Å². The summed E-state index contributed by atoms with van der Waals surface area (Å²) in [5.74, 6) is -0.269. The molecule has 0 spiro atoms. The van der Waals surface area contributed by atoms with Crippen molar-refractivity contribution >= 4 is 107 Å². The predicted octanol–water partition coefficient (Wildman–Crippen LogP) is 5.24. The molecule has 2 N–H and O–H groups in total. The number of unbranched alkanes of at least 4 members (excludes halogenated alkanes) is 5. The highest BCUT2D eigenvalue weighted by Gasteiger charge is 2.28. The Morgan fingerprint density at radius 1 is 0.591 bits per heavy atom. The minimum atomic E-state index is -0.867. The summed E-state index contributed by atoms with van der Waals surface area (Å²) in [4.78, 5) is 23.0. The molecule has 10 heteroatoms. The first kappa shape index (κ1) is 23.8. The number of rotatable bonds is 9. The van der Waals surface area contributed by atoms with Crippen molar-refractivity contribution in [2.75, 3.05) is 13.1 Å². The Labute approximate surface area is 181 Å². The van der Waals surface area contributed by atoms with E-state index in [0.29, 0.717) is 13.1 Å². The Morgan fingerprint density at radius 3 is 1.14 bits per heavy atom. The van der Waals surface area contributed by atoms with Crippen LogP contribution in [-0.2, 0) is 9.59 Å². The van der Waals surface area contributed by atoms with Crippen molar-refractivity contribution in [3.8, 4) is 0 Å². The smallest absolute Gasteiger partial charge is 0.258 e. The number of hydrogen-bond donors (Lipinski definition) is 2. The summed E-state index contributed by atoms with van der Waals surface area (Å²) < 4.78 is -1.73. The summed E-state index contributed by atoms with van der Waals surface area (Å²) in [6.07, 6.45) is 6.35. The van der Waals surface area contributed by atoms with E-state index < -0.39 is 4.29 Å². The van der Waals surface area contributed by atoms with Crippen LogP contribution in [0.3, 0.4) is 0 Å². The largest absolute Gasteiger partial charge is 0.353 e. The lowest BCUT2D eigenvalue weighted by Crippen LogP contribution is -2.34. The average molecular weight is 702 g/mol. The predicted molar refractivity (Wildman–Crippen MR) is 113 cm³/mol. The molecule has 0 atom stereocenters. The fraction of sp³-hybridized carbons (Fsp3) is 0.833. The van der Waals surface area contributed by atoms with Crippen molar-refractivity contribution in [1.82, 2.24) is 10.6 Å². The number of nitrogens with one attached hydrogen (secondary N) is 2. The number of hydrogen-bond acceptors (Lipinski definition) is 2. The maximum atomic E-state index is 11.5. The molecular weight excluding hydrogens is 684 g/mol. The molecule has 0 unspecified atom stereocenters. The number of alkyl halides is 6. The molecule has 0 aromatic heterocycles. The van der Waals surface area contributed by atoms with E-state index in [0.717, 1.165) is 38.5 Å². The molecular formula is C12H18Br6N2O2. The third-order valence-corrected chi connectivity index (χ3v) is 4.85. The molecule has 0 aliphatic carbocycles. The topological polar surface area (TPSA) is 58.2 Å². The number of carbonyl (C=O) groups is 2. The molecule has 0 bridgehead atoms. The molecule has 0 saturated heterocycles. The van der Waals surface area contributed by atoms with E-state index in [1.165, 1.54) is 0 Å². The van der Waals surface area contributed by atoms with Crippen LogP contribution in [0.1, 0.15) is 38.5 Å². The van der Waals surface area contributed by atoms with Crippen LogP contribution in [0.2, 0.25) is 0 Å². The van der Waals surface area contributed by atoms with Crippen LogP contribution in [0.5, 0.6) is 0 Å². The van der Waals surface area contributed by atoms with E-state index in [2.05, 4.69) is 106 Å². The summed E-state index contributed by atoms with van der Waals surface area (Å²) in [5, 5.41) is 5.64. The molecule has 0 aromatic carbocycles. The van der Waals surface area contributed by atoms with Gasteiger partial charge in [-0.05, 0) is 108 Å². The monoisotopic (exact) mass is 696 g/mol. The normalized spacial score (nSPS) is 12.1. The third-order valence-electron chi connectivity index (χ3n) is 2.69. The SMILES string of the molecule is O=C(NCCCCCCCCNC(=O)C(Br)(Br)Br)C(Br)(Br)Br. The van der Waals surface area contributed by atoms with E-state index in [4.69, 9.17) is 0 Å². The van der Waals surface area contributed by atoms with Gasteiger partial charge in [-0.1, -0.05) is 25.7 Å². The first-order valence-corrected chi connectivity index (χ1v) is 11.5. The first-order chi connectivity index (χ1) is 10.0. The van der Waals surface area contributed by atoms with Gasteiger partial charge in [0.05, 0.1) is 0 Å². The van der Waals surface area contributed by atoms with Crippen LogP contribution in [-0.4, -0.2) is 29.2 Å². The van der Waals surface area contributed by atoms with Crippen molar-refractivity contribution in [3.05, 3.63) is 0 Å². The molecule has 0 heterocycles. The standard InChI is InChI=1S/C12H18Br6N2O2/c13-11(14,15)9(21)19-7-5-3-1-2-4-6-8-20-10(22)12(16,17)18/h1-8H2,(H,19,21)(H,20,22). The van der Waals surface area contributed by atoms with Gasteiger partial charge in [-0.2, -0.15) is 0 Å². The van der Waals surface area contributed by atoms with Gasteiger partial charge in [-0.15, -0.1) is 0 Å². The first-order valence-electron chi connectivity index (χ1n) is 6.75. The molecule has 22 heavy (non-hydrogen) atoms. The lowest BCUT2D eigenvalue weighted by Gasteiger charge is -2.12. The van der Waals surface area contributed by atoms with E-state index in [9.17, 15) is 9.59 Å². The lowest BCUT2D eigenvalue weighted by molar-refractivity contribution is -0.120. The van der Waals surface area contributed by atoms with Crippen LogP contribution in [0.15, 0.2) is 0 Å². The number of halogens is 6. The molecule has 2 amide bonds. The van der Waals surface area contributed by atoms with Gasteiger partial charge in [0.25, 0.3) is 11.8 Å². The van der Waals surface area contributed by atoms with E-state index in [1.54, 1.807) is 0 Å². The molecule has 130 valence electrons. The van der Waals surface area contributed by atoms with Crippen LogP contribution < -0.4 is 10.6 Å². The summed E-state index contributed by atoms with van der Waals surface area (Å²) in [6, 6.07) is 0. The summed E-state index contributed by atoms with van der Waals surface area (Å²) in [5.41, 5.74) is 0. The second kappa shape index (κ2) is 12.2. The van der Waals surface area contributed by atoms with E-state index in [1.807, 2.05) is 0 Å². The zero-order valence-corrected chi connectivity index (χ0v) is 21.3. The van der Waals surface area contributed by atoms with Crippen molar-refractivity contribution in [3.63, 3.8) is 0 Å². The Kier molecular flexibility index (Phi) is 13.2. The van der Waals surface area contributed by atoms with Gasteiger partial charge < -0.3 is 10.6 Å². The zero-order valence-electron chi connectivity index (χ0n) is 11.7. The molecule has 0 fully saturated rings. The zero-order chi connectivity index (χ0) is 17.2. The maximum absolute atomic E-state index is 11.5. The van der Waals surface area contributed by atoms with Crippen LogP contribution in [0, 0.1) is 0 Å². The highest BCUT2D eigenvalue weighted by Crippen LogP contribution is 2.33. The number of carbonyl (C=O) groups excluding carboxylic acids is 2. The van der Waals surface area contributed by atoms with Crippen LogP contribution in [0.25, 0.3) is 0 Å². The molecule has 0 aromatic rings. The second-order valence-corrected chi connectivity index (χ2v) is 18.2. The third kappa shape index (κ3) is 13.1. The van der Waals surface area contributed by atoms with Crippen molar-refractivity contribution in [2.45, 2.75) is 42.8 Å². The summed E-state index contributed by atoms with van der Waals surface area (Å²) in [6.45, 7) is 1.34. The Morgan fingerprint density at radius 2 is 0.864 bits per heavy atom. The quantitative estimate of drug-likeness (QED) is 0.256. The molecule has 4 nitrogen and oxygen atoms in total. The van der Waals surface area contributed by atoms with Crippen molar-refractivity contribution < 1.29 is 9.59 Å². The molecule has 0 aliphatic heterocycles. The van der Waals surface area contributed by atoms with E-state index >= 15 is 0 Å². The Bertz CT molecular complexity index is 321. The summed E-state index contributed by atoms with van der Waals surface area (Å²) in [7, 11) is 0. The highest BCUT2D eigenvalue weighted by molar-refractivity contribution is 9.40. The molecule has 0 aliphatic rings. The average Bonchev–Trinajstić information content (AvgIpc) is 2.38. The van der Waals surface area contributed by atoms with Gasteiger partial charge in [0.1, 0.15) is 0 Å². The van der Waals surface area contributed by atoms with Gasteiger partial charge in [-0.25, -0.2) is 0 Å². The lowest BCUT2D eigenvalue weighted by atomic mass is 10.1. The van der Waals surface area contributed by atoms with Gasteiger partial charge in [0.2, 0.25) is 4.29 Å². The van der Waals surface area contributed by atoms with Gasteiger partial charge in [0.15, 0.2) is 0 Å².